The van der Waals surface area contributed by atoms with Gasteiger partial charge in [0.2, 0.25) is 5.91 Å². The minimum absolute atomic E-state index is 0.0684. The van der Waals surface area contributed by atoms with E-state index in [9.17, 15) is 4.79 Å². The number of hydrogen-bond donors (Lipinski definition) is 2. The summed E-state index contributed by atoms with van der Waals surface area (Å²) in [5, 5.41) is 6.08. The van der Waals surface area contributed by atoms with E-state index in [0.29, 0.717) is 18.8 Å². The third-order valence-corrected chi connectivity index (χ3v) is 4.17. The molecule has 6 heteroatoms. The molecule has 0 atom stereocenters. The number of guanidine groups is 1. The topological polar surface area (TPSA) is 69.6 Å². The number of aromatic nitrogens is 1. The highest BCUT2D eigenvalue weighted by atomic mass is 16.1. The van der Waals surface area contributed by atoms with E-state index in [1.807, 2.05) is 19.1 Å². The van der Waals surface area contributed by atoms with Gasteiger partial charge in [-0.25, -0.2) is 4.98 Å². The number of carbonyl (C=O) groups is 1. The van der Waals surface area contributed by atoms with Gasteiger partial charge >= 0.3 is 0 Å². The Kier molecular flexibility index (Phi) is 5.28. The van der Waals surface area contributed by atoms with Gasteiger partial charge in [0.25, 0.3) is 0 Å². The molecule has 6 nitrogen and oxygen atoms in total. The third-order valence-electron chi connectivity index (χ3n) is 4.17. The zero-order valence-corrected chi connectivity index (χ0v) is 14.6. The van der Waals surface area contributed by atoms with E-state index in [0.717, 1.165) is 24.5 Å². The molecule has 0 aliphatic carbocycles. The molecule has 3 rings (SSSR count). The Balaban J connectivity index is 1.51. The van der Waals surface area contributed by atoms with E-state index in [2.05, 4.69) is 43.7 Å². The van der Waals surface area contributed by atoms with Crippen molar-refractivity contribution in [3.8, 4) is 0 Å². The van der Waals surface area contributed by atoms with Gasteiger partial charge in [-0.15, -0.1) is 0 Å². The molecule has 25 heavy (non-hydrogen) atoms. The Labute approximate surface area is 148 Å². The summed E-state index contributed by atoms with van der Waals surface area (Å²) in [7, 11) is 1.76. The van der Waals surface area contributed by atoms with E-state index in [1.54, 1.807) is 19.3 Å². The monoisotopic (exact) mass is 337 g/mol. The van der Waals surface area contributed by atoms with Gasteiger partial charge in [0.15, 0.2) is 5.96 Å². The van der Waals surface area contributed by atoms with Gasteiger partial charge in [-0.2, -0.15) is 0 Å². The fourth-order valence-corrected chi connectivity index (χ4v) is 2.89. The molecule has 130 valence electrons. The molecule has 0 saturated carbocycles. The number of aryl methyl sites for hydroxylation is 1. The number of anilines is 2. The van der Waals surface area contributed by atoms with Crippen LogP contribution in [0.15, 0.2) is 47.6 Å². The molecule has 0 fully saturated rings. The van der Waals surface area contributed by atoms with Gasteiger partial charge in [0, 0.05) is 38.4 Å². The van der Waals surface area contributed by atoms with Gasteiger partial charge < -0.3 is 15.5 Å². The van der Waals surface area contributed by atoms with E-state index in [1.165, 1.54) is 11.3 Å². The van der Waals surface area contributed by atoms with Gasteiger partial charge in [0.05, 0.1) is 0 Å². The number of nitrogens with one attached hydrogen (secondary N) is 2. The van der Waals surface area contributed by atoms with Crippen LogP contribution in [0.3, 0.4) is 0 Å². The standard InChI is InChI=1S/C19H23N5O/c1-14-7-8-17(22-13-14)23-18(25)9-11-21-19(20-2)24-12-10-15-5-3-4-6-16(15)24/h3-8,13H,9-12H2,1-2H3,(H,20,21)(H,22,23,25). The molecule has 0 radical (unpaired) electrons. The first-order valence-corrected chi connectivity index (χ1v) is 8.46. The lowest BCUT2D eigenvalue weighted by atomic mass is 10.2. The molecular weight excluding hydrogens is 314 g/mol. The molecule has 1 aliphatic rings. The van der Waals surface area contributed by atoms with Crippen LogP contribution in [0, 0.1) is 6.92 Å². The van der Waals surface area contributed by atoms with Crippen molar-refractivity contribution in [3.05, 3.63) is 53.7 Å². The summed E-state index contributed by atoms with van der Waals surface area (Å²) >= 11 is 0. The van der Waals surface area contributed by atoms with Crippen molar-refractivity contribution in [2.24, 2.45) is 4.99 Å². The zero-order valence-electron chi connectivity index (χ0n) is 14.6. The second kappa shape index (κ2) is 7.79. The molecule has 2 aromatic rings. The number of nitrogens with zero attached hydrogens (tertiary/aromatic N) is 3. The lowest BCUT2D eigenvalue weighted by Crippen LogP contribution is -2.41. The normalized spacial score (nSPS) is 13.5. The maximum Gasteiger partial charge on any atom is 0.227 e. The summed E-state index contributed by atoms with van der Waals surface area (Å²) in [6, 6.07) is 12.1. The summed E-state index contributed by atoms with van der Waals surface area (Å²) in [6.45, 7) is 3.38. The van der Waals surface area contributed by atoms with Crippen LogP contribution < -0.4 is 15.5 Å². The van der Waals surface area contributed by atoms with Gasteiger partial charge in [-0.05, 0) is 36.6 Å². The minimum Gasteiger partial charge on any atom is -0.355 e. The van der Waals surface area contributed by atoms with Crippen LogP contribution >= 0.6 is 0 Å². The third kappa shape index (κ3) is 4.15. The van der Waals surface area contributed by atoms with Crippen molar-refractivity contribution in [1.82, 2.24) is 10.3 Å². The molecule has 0 spiro atoms. The Hall–Kier alpha value is -2.89. The first kappa shape index (κ1) is 17.0. The maximum atomic E-state index is 12.0. The smallest absolute Gasteiger partial charge is 0.227 e. The van der Waals surface area contributed by atoms with Crippen LogP contribution in [-0.2, 0) is 11.2 Å². The second-order valence-electron chi connectivity index (χ2n) is 6.02. The molecular formula is C19H23N5O. The highest BCUT2D eigenvalue weighted by molar-refractivity contribution is 5.98. The first-order valence-electron chi connectivity index (χ1n) is 8.46. The molecule has 0 unspecified atom stereocenters. The Bertz CT molecular complexity index is 770. The van der Waals surface area contributed by atoms with Gasteiger partial charge in [-0.3, -0.25) is 9.79 Å². The molecule has 1 amide bonds. The Morgan fingerprint density at radius 3 is 2.88 bits per heavy atom. The number of fused-ring (bicyclic) bond motifs is 1. The predicted octanol–water partition coefficient (Wildman–Crippen LogP) is 2.36. The van der Waals surface area contributed by atoms with Crippen molar-refractivity contribution in [2.75, 3.05) is 30.4 Å². The van der Waals surface area contributed by atoms with E-state index in [-0.39, 0.29) is 5.91 Å². The van der Waals surface area contributed by atoms with Crippen LogP contribution in [-0.4, -0.2) is 37.0 Å². The Morgan fingerprint density at radius 1 is 1.28 bits per heavy atom. The summed E-state index contributed by atoms with van der Waals surface area (Å²) in [6.07, 6.45) is 3.10. The Morgan fingerprint density at radius 2 is 2.12 bits per heavy atom. The number of para-hydroxylation sites is 1. The molecule has 1 aromatic carbocycles. The van der Waals surface area contributed by atoms with Crippen LogP contribution in [0.1, 0.15) is 17.5 Å². The average Bonchev–Trinajstić information content (AvgIpc) is 3.05. The minimum atomic E-state index is -0.0684. The van der Waals surface area contributed by atoms with Gasteiger partial charge in [-0.1, -0.05) is 24.3 Å². The van der Waals surface area contributed by atoms with Gasteiger partial charge in [0.1, 0.15) is 5.82 Å². The molecule has 2 heterocycles. The van der Waals surface area contributed by atoms with E-state index >= 15 is 0 Å². The summed E-state index contributed by atoms with van der Waals surface area (Å²) in [5.41, 5.74) is 3.58. The maximum absolute atomic E-state index is 12.0. The van der Waals surface area contributed by atoms with Crippen LogP contribution in [0.25, 0.3) is 0 Å². The number of pyridine rings is 1. The number of aliphatic imine (C=N–C) groups is 1. The van der Waals surface area contributed by atoms with E-state index < -0.39 is 0 Å². The van der Waals surface area contributed by atoms with Crippen molar-refractivity contribution in [1.29, 1.82) is 0 Å². The largest absolute Gasteiger partial charge is 0.355 e. The van der Waals surface area contributed by atoms with Crippen molar-refractivity contribution >= 4 is 23.4 Å². The highest BCUT2D eigenvalue weighted by Gasteiger charge is 2.22. The quantitative estimate of drug-likeness (QED) is 0.664. The van der Waals surface area contributed by atoms with Crippen molar-refractivity contribution < 1.29 is 4.79 Å². The number of rotatable bonds is 4. The summed E-state index contributed by atoms with van der Waals surface area (Å²) in [4.78, 5) is 22.7. The SMILES string of the molecule is CN=C(NCCC(=O)Nc1ccc(C)cn1)N1CCc2ccccc21. The highest BCUT2D eigenvalue weighted by Crippen LogP contribution is 2.27. The first-order chi connectivity index (χ1) is 12.2. The zero-order chi connectivity index (χ0) is 17.6. The molecule has 1 aromatic heterocycles. The number of carbonyl (C=O) groups excluding carboxylic acids is 1. The number of benzene rings is 1. The van der Waals surface area contributed by atoms with Crippen LogP contribution in [0.4, 0.5) is 11.5 Å². The van der Waals surface area contributed by atoms with Crippen LogP contribution in [0.2, 0.25) is 0 Å². The lowest BCUT2D eigenvalue weighted by molar-refractivity contribution is -0.116. The summed E-state index contributed by atoms with van der Waals surface area (Å²) in [5.74, 6) is 1.31. The van der Waals surface area contributed by atoms with Crippen molar-refractivity contribution in [2.45, 2.75) is 19.8 Å². The number of hydrogen-bond acceptors (Lipinski definition) is 3. The van der Waals surface area contributed by atoms with Crippen LogP contribution in [0.5, 0.6) is 0 Å². The fraction of sp³-hybridized carbons (Fsp3) is 0.316. The second-order valence-corrected chi connectivity index (χ2v) is 6.02. The number of amides is 1. The molecule has 2 N–H and O–H groups in total. The molecule has 1 aliphatic heterocycles. The fourth-order valence-electron chi connectivity index (χ4n) is 2.89. The summed E-state index contributed by atoms with van der Waals surface area (Å²) < 4.78 is 0. The predicted molar refractivity (Wildman–Crippen MR) is 101 cm³/mol. The average molecular weight is 337 g/mol. The van der Waals surface area contributed by atoms with E-state index in [4.69, 9.17) is 0 Å². The molecule has 0 bridgehead atoms. The lowest BCUT2D eigenvalue weighted by Gasteiger charge is -2.22. The molecule has 0 saturated heterocycles. The van der Waals surface area contributed by atoms with Crippen molar-refractivity contribution in [3.63, 3.8) is 0 Å².